The third-order valence-corrected chi connectivity index (χ3v) is 4.56. The molecule has 2 aliphatic rings. The molecule has 0 spiro atoms. The molecule has 20 heavy (non-hydrogen) atoms. The number of rotatable bonds is 4. The number of anilines is 1. The summed E-state index contributed by atoms with van der Waals surface area (Å²) in [6.07, 6.45) is 5.02. The lowest BCUT2D eigenvalue weighted by molar-refractivity contribution is 0.390. The van der Waals surface area contributed by atoms with Gasteiger partial charge in [0.05, 0.1) is 0 Å². The van der Waals surface area contributed by atoms with Crippen molar-refractivity contribution in [2.24, 2.45) is 5.92 Å². The minimum Gasteiger partial charge on any atom is -0.368 e. The second-order valence-electron chi connectivity index (χ2n) is 6.66. The molecule has 1 N–H and O–H groups in total. The summed E-state index contributed by atoms with van der Waals surface area (Å²) in [4.78, 5) is 2.37. The van der Waals surface area contributed by atoms with Crippen molar-refractivity contribution in [2.45, 2.75) is 58.2 Å². The van der Waals surface area contributed by atoms with Crippen LogP contribution in [0, 0.1) is 11.7 Å². The summed E-state index contributed by atoms with van der Waals surface area (Å²) in [6.45, 7) is 6.36. The van der Waals surface area contributed by atoms with Crippen LogP contribution >= 0.6 is 0 Å². The highest BCUT2D eigenvalue weighted by atomic mass is 19.1. The highest BCUT2D eigenvalue weighted by Crippen LogP contribution is 2.29. The summed E-state index contributed by atoms with van der Waals surface area (Å²) >= 11 is 0. The molecular formula is C17H25FN2. The lowest BCUT2D eigenvalue weighted by Gasteiger charge is -2.38. The number of piperidine rings is 1. The fourth-order valence-corrected chi connectivity index (χ4v) is 3.10. The van der Waals surface area contributed by atoms with Gasteiger partial charge < -0.3 is 10.2 Å². The van der Waals surface area contributed by atoms with E-state index in [9.17, 15) is 4.39 Å². The SMILES string of the molecule is CC1CCC(C)N(c2cc(F)cc(CNC3CC3)c2)C1. The van der Waals surface area contributed by atoms with E-state index in [1.54, 1.807) is 12.1 Å². The third-order valence-electron chi connectivity index (χ3n) is 4.56. The average Bonchev–Trinajstić information content (AvgIpc) is 3.23. The molecule has 1 saturated heterocycles. The van der Waals surface area contributed by atoms with Gasteiger partial charge in [-0.1, -0.05) is 6.92 Å². The molecule has 0 bridgehead atoms. The lowest BCUT2D eigenvalue weighted by Crippen LogP contribution is -2.41. The van der Waals surface area contributed by atoms with Crippen LogP contribution in [0.5, 0.6) is 0 Å². The zero-order valence-corrected chi connectivity index (χ0v) is 12.5. The van der Waals surface area contributed by atoms with Crippen LogP contribution in [0.1, 0.15) is 45.1 Å². The maximum atomic E-state index is 13.9. The van der Waals surface area contributed by atoms with Crippen molar-refractivity contribution in [1.29, 1.82) is 0 Å². The molecule has 0 radical (unpaired) electrons. The number of halogens is 1. The van der Waals surface area contributed by atoms with E-state index in [2.05, 4.69) is 30.1 Å². The van der Waals surface area contributed by atoms with Crippen molar-refractivity contribution in [3.05, 3.63) is 29.6 Å². The van der Waals surface area contributed by atoms with Crippen molar-refractivity contribution < 1.29 is 4.39 Å². The van der Waals surface area contributed by atoms with E-state index in [-0.39, 0.29) is 5.82 Å². The van der Waals surface area contributed by atoms with Gasteiger partial charge in [-0.15, -0.1) is 0 Å². The van der Waals surface area contributed by atoms with E-state index in [1.165, 1.54) is 25.7 Å². The average molecular weight is 276 g/mol. The van der Waals surface area contributed by atoms with Gasteiger partial charge in [0, 0.05) is 30.9 Å². The van der Waals surface area contributed by atoms with Crippen LogP contribution < -0.4 is 10.2 Å². The van der Waals surface area contributed by atoms with Gasteiger partial charge in [0.1, 0.15) is 5.82 Å². The Morgan fingerprint density at radius 2 is 1.95 bits per heavy atom. The van der Waals surface area contributed by atoms with Gasteiger partial charge in [-0.3, -0.25) is 0 Å². The van der Waals surface area contributed by atoms with E-state index in [0.717, 1.165) is 24.3 Å². The quantitative estimate of drug-likeness (QED) is 0.902. The molecule has 1 aliphatic carbocycles. The van der Waals surface area contributed by atoms with E-state index in [0.29, 0.717) is 18.0 Å². The summed E-state index contributed by atoms with van der Waals surface area (Å²) in [7, 11) is 0. The maximum Gasteiger partial charge on any atom is 0.125 e. The van der Waals surface area contributed by atoms with E-state index < -0.39 is 0 Å². The third kappa shape index (κ3) is 3.32. The molecule has 0 aromatic heterocycles. The van der Waals surface area contributed by atoms with Crippen LogP contribution in [-0.4, -0.2) is 18.6 Å². The highest BCUT2D eigenvalue weighted by Gasteiger charge is 2.24. The minimum atomic E-state index is -0.111. The Morgan fingerprint density at radius 3 is 2.70 bits per heavy atom. The predicted octanol–water partition coefficient (Wildman–Crippen LogP) is 3.70. The fraction of sp³-hybridized carbons (Fsp3) is 0.647. The number of hydrogen-bond acceptors (Lipinski definition) is 2. The van der Waals surface area contributed by atoms with Crippen LogP contribution in [0.25, 0.3) is 0 Å². The summed E-state index contributed by atoms with van der Waals surface area (Å²) < 4.78 is 13.9. The number of hydrogen-bond donors (Lipinski definition) is 1. The molecule has 1 aromatic rings. The topological polar surface area (TPSA) is 15.3 Å². The lowest BCUT2D eigenvalue weighted by atomic mass is 9.94. The minimum absolute atomic E-state index is 0.111. The first-order valence-electron chi connectivity index (χ1n) is 7.91. The van der Waals surface area contributed by atoms with Gasteiger partial charge in [-0.2, -0.15) is 0 Å². The molecule has 2 fully saturated rings. The van der Waals surface area contributed by atoms with Crippen molar-refractivity contribution in [1.82, 2.24) is 5.32 Å². The first-order valence-corrected chi connectivity index (χ1v) is 7.91. The molecule has 1 aliphatic heterocycles. The van der Waals surface area contributed by atoms with E-state index >= 15 is 0 Å². The van der Waals surface area contributed by atoms with E-state index in [4.69, 9.17) is 0 Å². The Hall–Kier alpha value is -1.09. The Bertz CT molecular complexity index is 470. The first kappa shape index (κ1) is 13.9. The highest BCUT2D eigenvalue weighted by molar-refractivity contribution is 5.50. The van der Waals surface area contributed by atoms with Gasteiger partial charge in [0.15, 0.2) is 0 Å². The molecule has 2 atom stereocenters. The Labute approximate surface area is 121 Å². The molecule has 2 nitrogen and oxygen atoms in total. The van der Waals surface area contributed by atoms with Crippen LogP contribution in [-0.2, 0) is 6.54 Å². The standard InChI is InChI=1S/C17H25FN2/c1-12-3-4-13(2)20(11-12)17-8-14(7-15(18)9-17)10-19-16-5-6-16/h7-9,12-13,16,19H,3-6,10-11H2,1-2H3. The van der Waals surface area contributed by atoms with Crippen molar-refractivity contribution in [2.75, 3.05) is 11.4 Å². The Kier molecular flexibility index (Phi) is 3.97. The van der Waals surface area contributed by atoms with E-state index in [1.807, 2.05) is 0 Å². The molecule has 1 aromatic carbocycles. The second kappa shape index (κ2) is 5.72. The van der Waals surface area contributed by atoms with Gasteiger partial charge in [-0.05, 0) is 62.3 Å². The number of benzene rings is 1. The second-order valence-corrected chi connectivity index (χ2v) is 6.66. The Morgan fingerprint density at radius 1 is 1.15 bits per heavy atom. The zero-order valence-electron chi connectivity index (χ0n) is 12.5. The zero-order chi connectivity index (χ0) is 14.1. The smallest absolute Gasteiger partial charge is 0.125 e. The van der Waals surface area contributed by atoms with Gasteiger partial charge in [0.25, 0.3) is 0 Å². The number of nitrogens with zero attached hydrogens (tertiary/aromatic N) is 1. The van der Waals surface area contributed by atoms with Gasteiger partial charge in [0.2, 0.25) is 0 Å². The maximum absolute atomic E-state index is 13.9. The summed E-state index contributed by atoms with van der Waals surface area (Å²) in [6, 6.07) is 6.69. The molecule has 0 amide bonds. The molecule has 2 unspecified atom stereocenters. The Balaban J connectivity index is 1.76. The molecule has 1 saturated carbocycles. The molecule has 110 valence electrons. The molecular weight excluding hydrogens is 251 g/mol. The van der Waals surface area contributed by atoms with Crippen molar-refractivity contribution in [3.63, 3.8) is 0 Å². The van der Waals surface area contributed by atoms with Gasteiger partial charge in [-0.25, -0.2) is 4.39 Å². The largest absolute Gasteiger partial charge is 0.368 e. The van der Waals surface area contributed by atoms with Crippen LogP contribution in [0.3, 0.4) is 0 Å². The summed E-state index contributed by atoms with van der Waals surface area (Å²) in [5, 5.41) is 3.47. The van der Waals surface area contributed by atoms with Crippen LogP contribution in [0.4, 0.5) is 10.1 Å². The van der Waals surface area contributed by atoms with Crippen molar-refractivity contribution in [3.8, 4) is 0 Å². The normalized spacial score (nSPS) is 26.9. The van der Waals surface area contributed by atoms with Crippen LogP contribution in [0.2, 0.25) is 0 Å². The summed E-state index contributed by atoms with van der Waals surface area (Å²) in [5.74, 6) is 0.586. The van der Waals surface area contributed by atoms with Gasteiger partial charge >= 0.3 is 0 Å². The van der Waals surface area contributed by atoms with Crippen LogP contribution in [0.15, 0.2) is 18.2 Å². The fourth-order valence-electron chi connectivity index (χ4n) is 3.10. The summed E-state index contributed by atoms with van der Waals surface area (Å²) in [5.41, 5.74) is 2.12. The monoisotopic (exact) mass is 276 g/mol. The first-order chi connectivity index (χ1) is 9.61. The predicted molar refractivity (Wildman–Crippen MR) is 81.5 cm³/mol. The molecule has 3 heteroatoms. The molecule has 1 heterocycles. The van der Waals surface area contributed by atoms with Crippen molar-refractivity contribution >= 4 is 5.69 Å². The number of nitrogens with one attached hydrogen (secondary N) is 1. The molecule has 3 rings (SSSR count).